The van der Waals surface area contributed by atoms with Crippen LogP contribution >= 0.6 is 11.3 Å². The Kier molecular flexibility index (Phi) is 4.63. The number of hydrogen-bond donors (Lipinski definition) is 0. The molecule has 3 aromatic heterocycles. The Morgan fingerprint density at radius 3 is 2.79 bits per heavy atom. The highest BCUT2D eigenvalue weighted by molar-refractivity contribution is 7.22. The van der Waals surface area contributed by atoms with E-state index < -0.39 is 17.5 Å². The second-order valence-electron chi connectivity index (χ2n) is 6.21. The molecule has 0 unspecified atom stereocenters. The van der Waals surface area contributed by atoms with Gasteiger partial charge < -0.3 is 4.52 Å². The van der Waals surface area contributed by atoms with Crippen molar-refractivity contribution in [3.63, 3.8) is 0 Å². The van der Waals surface area contributed by atoms with Crippen molar-refractivity contribution in [2.75, 3.05) is 11.4 Å². The zero-order valence-electron chi connectivity index (χ0n) is 15.0. The molecule has 0 spiro atoms. The van der Waals surface area contributed by atoms with Gasteiger partial charge in [0.1, 0.15) is 11.3 Å². The van der Waals surface area contributed by atoms with Crippen LogP contribution in [0.15, 0.2) is 35.0 Å². The van der Waals surface area contributed by atoms with Gasteiger partial charge in [-0.1, -0.05) is 16.5 Å². The van der Waals surface area contributed by atoms with Crippen LogP contribution in [-0.4, -0.2) is 32.4 Å². The highest BCUT2D eigenvalue weighted by Gasteiger charge is 2.25. The van der Waals surface area contributed by atoms with Crippen molar-refractivity contribution in [2.24, 2.45) is 0 Å². The third-order valence-corrected chi connectivity index (χ3v) is 5.19. The van der Waals surface area contributed by atoms with Crippen LogP contribution in [0.1, 0.15) is 21.9 Å². The molecule has 0 aliphatic heterocycles. The maximum absolute atomic E-state index is 14.1. The summed E-state index contributed by atoms with van der Waals surface area (Å²) in [6, 6.07) is 5.33. The number of anilines is 1. The van der Waals surface area contributed by atoms with Crippen LogP contribution in [0.25, 0.3) is 10.2 Å². The number of halogens is 2. The van der Waals surface area contributed by atoms with Gasteiger partial charge in [-0.15, -0.1) is 0 Å². The van der Waals surface area contributed by atoms with E-state index in [9.17, 15) is 13.6 Å². The summed E-state index contributed by atoms with van der Waals surface area (Å²) >= 11 is 1.03. The van der Waals surface area contributed by atoms with Gasteiger partial charge in [0.25, 0.3) is 5.91 Å². The smallest absolute Gasteiger partial charge is 0.298 e. The number of rotatable bonds is 5. The van der Waals surface area contributed by atoms with Crippen LogP contribution in [0.5, 0.6) is 0 Å². The average molecular weight is 403 g/mol. The number of benzene rings is 1. The standard InChI is InChI=1S/C18H15F2N5O2S/c1-10-7-11(2)25(23-10)6-5-24(17(26)14-3-4-21-27-14)18-22-16-13(20)8-12(19)9-15(16)28-18/h3-4,7-9H,5-6H2,1-2H3. The minimum absolute atomic E-state index is 0.0166. The zero-order chi connectivity index (χ0) is 19.8. The predicted octanol–water partition coefficient (Wildman–Crippen LogP) is 3.72. The molecule has 7 nitrogen and oxygen atoms in total. The fourth-order valence-electron chi connectivity index (χ4n) is 2.90. The molecule has 0 fully saturated rings. The number of carbonyl (C=O) groups is 1. The van der Waals surface area contributed by atoms with Crippen molar-refractivity contribution < 1.29 is 18.1 Å². The summed E-state index contributed by atoms with van der Waals surface area (Å²) in [4.78, 5) is 18.5. The average Bonchev–Trinajstić information content (AvgIpc) is 3.35. The van der Waals surface area contributed by atoms with Gasteiger partial charge >= 0.3 is 0 Å². The summed E-state index contributed by atoms with van der Waals surface area (Å²) in [6.07, 6.45) is 1.36. The second kappa shape index (κ2) is 7.12. The number of nitrogens with zero attached hydrogens (tertiary/aromatic N) is 5. The Bertz CT molecular complexity index is 1150. The van der Waals surface area contributed by atoms with Gasteiger partial charge in [-0.3, -0.25) is 14.4 Å². The molecule has 0 saturated carbocycles. The molecule has 0 aliphatic carbocycles. The maximum Gasteiger partial charge on any atom is 0.298 e. The number of thiazole rings is 1. The van der Waals surface area contributed by atoms with Crippen molar-refractivity contribution in [1.29, 1.82) is 0 Å². The van der Waals surface area contributed by atoms with E-state index in [0.29, 0.717) is 11.2 Å². The van der Waals surface area contributed by atoms with E-state index in [1.165, 1.54) is 23.2 Å². The largest absolute Gasteiger partial charge is 0.351 e. The van der Waals surface area contributed by atoms with E-state index >= 15 is 0 Å². The molecule has 10 heteroatoms. The van der Waals surface area contributed by atoms with Crippen LogP contribution in [0.2, 0.25) is 0 Å². The number of amides is 1. The molecular formula is C18H15F2N5O2S. The van der Waals surface area contributed by atoms with Gasteiger partial charge in [-0.05, 0) is 26.0 Å². The quantitative estimate of drug-likeness (QED) is 0.508. The second-order valence-corrected chi connectivity index (χ2v) is 7.22. The summed E-state index contributed by atoms with van der Waals surface area (Å²) in [5, 5.41) is 8.18. The molecule has 0 N–H and O–H groups in total. The Labute approximate surface area is 162 Å². The van der Waals surface area contributed by atoms with Crippen LogP contribution in [0, 0.1) is 25.5 Å². The molecule has 4 rings (SSSR count). The third kappa shape index (κ3) is 3.38. The third-order valence-electron chi connectivity index (χ3n) is 4.17. The highest BCUT2D eigenvalue weighted by Crippen LogP contribution is 2.32. The summed E-state index contributed by atoms with van der Waals surface area (Å²) in [6.45, 7) is 4.40. The van der Waals surface area contributed by atoms with Gasteiger partial charge in [-0.2, -0.15) is 5.10 Å². The summed E-state index contributed by atoms with van der Waals surface area (Å²) in [7, 11) is 0. The monoisotopic (exact) mass is 403 g/mol. The van der Waals surface area contributed by atoms with Crippen LogP contribution in [-0.2, 0) is 6.54 Å². The Hall–Kier alpha value is -3.14. The lowest BCUT2D eigenvalue weighted by atomic mass is 10.3. The number of fused-ring (bicyclic) bond motifs is 1. The molecule has 0 atom stereocenters. The minimum Gasteiger partial charge on any atom is -0.351 e. The molecule has 0 saturated heterocycles. The Morgan fingerprint density at radius 2 is 2.11 bits per heavy atom. The number of aromatic nitrogens is 4. The number of hydrogen-bond acceptors (Lipinski definition) is 6. The van der Waals surface area contributed by atoms with E-state index in [1.54, 1.807) is 4.68 Å². The first-order chi connectivity index (χ1) is 13.4. The summed E-state index contributed by atoms with van der Waals surface area (Å²) in [5.41, 5.74) is 1.83. The van der Waals surface area contributed by atoms with Gasteiger partial charge in [0.05, 0.1) is 23.1 Å². The zero-order valence-corrected chi connectivity index (χ0v) is 15.8. The predicted molar refractivity (Wildman–Crippen MR) is 99.4 cm³/mol. The van der Waals surface area contributed by atoms with E-state index in [2.05, 4.69) is 15.2 Å². The molecule has 28 heavy (non-hydrogen) atoms. The van der Waals surface area contributed by atoms with Gasteiger partial charge in [0.15, 0.2) is 10.9 Å². The maximum atomic E-state index is 14.1. The van der Waals surface area contributed by atoms with E-state index in [0.717, 1.165) is 28.8 Å². The lowest BCUT2D eigenvalue weighted by Crippen LogP contribution is -2.34. The van der Waals surface area contributed by atoms with Gasteiger partial charge in [0, 0.05) is 24.4 Å². The first kappa shape index (κ1) is 18.2. The SMILES string of the molecule is Cc1cc(C)n(CCN(C(=O)c2ccno2)c2nc3c(F)cc(F)cc3s2)n1. The lowest BCUT2D eigenvalue weighted by Gasteiger charge is -2.18. The molecule has 0 radical (unpaired) electrons. The van der Waals surface area contributed by atoms with Crippen molar-refractivity contribution in [1.82, 2.24) is 19.9 Å². The molecule has 1 amide bonds. The fourth-order valence-corrected chi connectivity index (χ4v) is 3.93. The molecule has 3 heterocycles. The van der Waals surface area contributed by atoms with E-state index in [-0.39, 0.29) is 23.0 Å². The molecule has 1 aromatic carbocycles. The molecule has 0 aliphatic rings. The van der Waals surface area contributed by atoms with Crippen molar-refractivity contribution in [2.45, 2.75) is 20.4 Å². The molecule has 144 valence electrons. The van der Waals surface area contributed by atoms with Crippen molar-refractivity contribution in [3.05, 3.63) is 59.2 Å². The summed E-state index contributed by atoms with van der Waals surface area (Å²) in [5.74, 6) is -1.92. The Morgan fingerprint density at radius 1 is 1.29 bits per heavy atom. The van der Waals surface area contributed by atoms with Gasteiger partial charge in [0.2, 0.25) is 5.76 Å². The van der Waals surface area contributed by atoms with Crippen LogP contribution < -0.4 is 4.90 Å². The lowest BCUT2D eigenvalue weighted by molar-refractivity contribution is 0.0950. The number of aryl methyl sites for hydroxylation is 2. The van der Waals surface area contributed by atoms with Crippen LogP contribution in [0.4, 0.5) is 13.9 Å². The molecule has 0 bridgehead atoms. The molecular weight excluding hydrogens is 388 g/mol. The topological polar surface area (TPSA) is 77.0 Å². The fraction of sp³-hybridized carbons (Fsp3) is 0.222. The summed E-state index contributed by atoms with van der Waals surface area (Å²) < 4.78 is 34.6. The van der Waals surface area contributed by atoms with E-state index in [4.69, 9.17) is 4.52 Å². The first-order valence-electron chi connectivity index (χ1n) is 8.41. The number of carbonyl (C=O) groups excluding carboxylic acids is 1. The van der Waals surface area contributed by atoms with Gasteiger partial charge in [-0.25, -0.2) is 13.8 Å². The van der Waals surface area contributed by atoms with Crippen molar-refractivity contribution >= 4 is 32.6 Å². The highest BCUT2D eigenvalue weighted by atomic mass is 32.1. The van der Waals surface area contributed by atoms with Crippen molar-refractivity contribution in [3.8, 4) is 0 Å². The first-order valence-corrected chi connectivity index (χ1v) is 9.23. The molecule has 4 aromatic rings. The normalized spacial score (nSPS) is 11.3. The van der Waals surface area contributed by atoms with Crippen LogP contribution in [0.3, 0.4) is 0 Å². The van der Waals surface area contributed by atoms with E-state index in [1.807, 2.05) is 19.9 Å². The minimum atomic E-state index is -0.775. The Balaban J connectivity index is 1.71.